The number of halogens is 1. The second-order valence-electron chi connectivity index (χ2n) is 7.07. The summed E-state index contributed by atoms with van der Waals surface area (Å²) in [4.78, 5) is 2.30. The van der Waals surface area contributed by atoms with Gasteiger partial charge in [-0.05, 0) is 61.9 Å². The number of hydrogen-bond acceptors (Lipinski definition) is 2. The van der Waals surface area contributed by atoms with Gasteiger partial charge in [0.1, 0.15) is 11.7 Å². The van der Waals surface area contributed by atoms with Gasteiger partial charge in [0.25, 0.3) is 0 Å². The quantitative estimate of drug-likeness (QED) is 0.659. The SMILES string of the molecule is CN(Cc1cc(F)cc(C(=N)N)c1)C1CCC(C)(C)CC1. The molecule has 0 saturated heterocycles. The first-order valence-corrected chi connectivity index (χ1v) is 7.61. The van der Waals surface area contributed by atoms with Gasteiger partial charge < -0.3 is 5.73 Å². The molecule has 0 aliphatic heterocycles. The Morgan fingerprint density at radius 2 is 1.95 bits per heavy atom. The first-order chi connectivity index (χ1) is 9.77. The highest BCUT2D eigenvalue weighted by atomic mass is 19.1. The van der Waals surface area contributed by atoms with Gasteiger partial charge >= 0.3 is 0 Å². The highest BCUT2D eigenvalue weighted by Gasteiger charge is 2.28. The number of nitrogens with one attached hydrogen (secondary N) is 1. The summed E-state index contributed by atoms with van der Waals surface area (Å²) in [5, 5.41) is 7.45. The van der Waals surface area contributed by atoms with E-state index in [0.717, 1.165) is 5.56 Å². The Hall–Kier alpha value is -1.42. The third-order valence-corrected chi connectivity index (χ3v) is 4.63. The smallest absolute Gasteiger partial charge is 0.124 e. The normalized spacial score (nSPS) is 18.9. The number of nitrogens with zero attached hydrogens (tertiary/aromatic N) is 1. The third kappa shape index (κ3) is 4.27. The fourth-order valence-corrected chi connectivity index (χ4v) is 3.14. The molecule has 0 atom stereocenters. The van der Waals surface area contributed by atoms with Crippen LogP contribution in [0.2, 0.25) is 0 Å². The Morgan fingerprint density at radius 3 is 2.52 bits per heavy atom. The summed E-state index contributed by atoms with van der Waals surface area (Å²) in [5.41, 5.74) is 7.26. The summed E-state index contributed by atoms with van der Waals surface area (Å²) in [6, 6.07) is 5.22. The highest BCUT2D eigenvalue weighted by Crippen LogP contribution is 2.36. The van der Waals surface area contributed by atoms with Crippen molar-refractivity contribution in [3.63, 3.8) is 0 Å². The molecular formula is C17H26FN3. The first kappa shape index (κ1) is 16.0. The van der Waals surface area contributed by atoms with Crippen molar-refractivity contribution >= 4 is 5.84 Å². The standard InChI is InChI=1S/C17H26FN3/c1-17(2)6-4-15(5-7-17)21(3)11-12-8-13(16(19)20)10-14(18)9-12/h8-10,15H,4-7,11H2,1-3H3,(H3,19,20). The van der Waals surface area contributed by atoms with Crippen LogP contribution in [0.15, 0.2) is 18.2 Å². The summed E-state index contributed by atoms with van der Waals surface area (Å²) in [5.74, 6) is -0.409. The van der Waals surface area contributed by atoms with E-state index in [1.54, 1.807) is 0 Å². The largest absolute Gasteiger partial charge is 0.384 e. The maximum Gasteiger partial charge on any atom is 0.124 e. The molecule has 0 radical (unpaired) electrons. The zero-order chi connectivity index (χ0) is 15.6. The van der Waals surface area contributed by atoms with Crippen LogP contribution in [-0.2, 0) is 6.54 Å². The van der Waals surface area contributed by atoms with E-state index >= 15 is 0 Å². The van der Waals surface area contributed by atoms with Crippen LogP contribution in [0.5, 0.6) is 0 Å². The molecule has 0 heterocycles. The summed E-state index contributed by atoms with van der Waals surface area (Å²) in [6.07, 6.45) is 4.87. The van der Waals surface area contributed by atoms with Crippen molar-refractivity contribution in [3.05, 3.63) is 35.1 Å². The van der Waals surface area contributed by atoms with Gasteiger partial charge in [0.2, 0.25) is 0 Å². The second kappa shape index (κ2) is 6.14. The molecule has 1 aromatic carbocycles. The Balaban J connectivity index is 2.03. The maximum atomic E-state index is 13.6. The maximum absolute atomic E-state index is 13.6. The average Bonchev–Trinajstić information content (AvgIpc) is 2.37. The molecule has 1 fully saturated rings. The number of nitrogens with two attached hydrogens (primary N) is 1. The van der Waals surface area contributed by atoms with Crippen LogP contribution in [0.25, 0.3) is 0 Å². The van der Waals surface area contributed by atoms with Gasteiger partial charge in [-0.15, -0.1) is 0 Å². The van der Waals surface area contributed by atoms with Crippen molar-refractivity contribution in [2.75, 3.05) is 7.05 Å². The predicted octanol–water partition coefficient (Wildman–Crippen LogP) is 3.51. The zero-order valence-electron chi connectivity index (χ0n) is 13.2. The first-order valence-electron chi connectivity index (χ1n) is 7.61. The minimum atomic E-state index is -0.323. The number of nitrogen functional groups attached to an aromatic ring is 1. The fourth-order valence-electron chi connectivity index (χ4n) is 3.14. The van der Waals surface area contributed by atoms with E-state index in [2.05, 4.69) is 25.8 Å². The van der Waals surface area contributed by atoms with Crippen LogP contribution in [-0.4, -0.2) is 23.8 Å². The number of rotatable bonds is 4. The molecule has 0 aromatic heterocycles. The molecule has 3 N–H and O–H groups in total. The van der Waals surface area contributed by atoms with Crippen molar-refractivity contribution in [2.24, 2.45) is 11.1 Å². The van der Waals surface area contributed by atoms with Gasteiger partial charge in [0.05, 0.1) is 0 Å². The van der Waals surface area contributed by atoms with Crippen LogP contribution in [0.3, 0.4) is 0 Å². The zero-order valence-corrected chi connectivity index (χ0v) is 13.2. The monoisotopic (exact) mass is 291 g/mol. The molecule has 1 aliphatic rings. The van der Waals surface area contributed by atoms with Crippen molar-refractivity contribution < 1.29 is 4.39 Å². The molecule has 3 nitrogen and oxygen atoms in total. The van der Waals surface area contributed by atoms with E-state index in [9.17, 15) is 4.39 Å². The lowest BCUT2D eigenvalue weighted by molar-refractivity contribution is 0.123. The second-order valence-corrected chi connectivity index (χ2v) is 7.07. The van der Waals surface area contributed by atoms with Crippen LogP contribution >= 0.6 is 0 Å². The van der Waals surface area contributed by atoms with E-state index < -0.39 is 0 Å². The molecule has 4 heteroatoms. The third-order valence-electron chi connectivity index (χ3n) is 4.63. The van der Waals surface area contributed by atoms with E-state index in [-0.39, 0.29) is 11.7 Å². The predicted molar refractivity (Wildman–Crippen MR) is 84.9 cm³/mol. The lowest BCUT2D eigenvalue weighted by atomic mass is 9.75. The van der Waals surface area contributed by atoms with Crippen molar-refractivity contribution in [3.8, 4) is 0 Å². The van der Waals surface area contributed by atoms with Gasteiger partial charge in [0, 0.05) is 18.2 Å². The molecule has 1 aliphatic carbocycles. The lowest BCUT2D eigenvalue weighted by Crippen LogP contribution is -2.36. The molecule has 0 spiro atoms. The molecule has 1 aromatic rings. The molecule has 21 heavy (non-hydrogen) atoms. The summed E-state index contributed by atoms with van der Waals surface area (Å²) >= 11 is 0. The molecule has 2 rings (SSSR count). The van der Waals surface area contributed by atoms with Gasteiger partial charge in [-0.2, -0.15) is 0 Å². The van der Waals surface area contributed by atoms with E-state index in [1.807, 2.05) is 6.07 Å². The fraction of sp³-hybridized carbons (Fsp3) is 0.588. The van der Waals surface area contributed by atoms with Crippen LogP contribution < -0.4 is 5.73 Å². The Kier molecular flexibility index (Phi) is 4.67. The van der Waals surface area contributed by atoms with Gasteiger partial charge in [-0.25, -0.2) is 4.39 Å². The Labute approximate surface area is 126 Å². The molecule has 116 valence electrons. The minimum Gasteiger partial charge on any atom is -0.384 e. The minimum absolute atomic E-state index is 0.0854. The summed E-state index contributed by atoms with van der Waals surface area (Å²) < 4.78 is 13.6. The van der Waals surface area contributed by atoms with Gasteiger partial charge in [-0.3, -0.25) is 10.3 Å². The van der Waals surface area contributed by atoms with E-state index in [0.29, 0.717) is 23.6 Å². The van der Waals surface area contributed by atoms with Gasteiger partial charge in [-0.1, -0.05) is 13.8 Å². The molecule has 0 amide bonds. The lowest BCUT2D eigenvalue weighted by Gasteiger charge is -2.38. The number of hydrogen-bond donors (Lipinski definition) is 2. The molecule has 0 unspecified atom stereocenters. The number of amidine groups is 1. The average molecular weight is 291 g/mol. The molecule has 1 saturated carbocycles. The van der Waals surface area contributed by atoms with E-state index in [4.69, 9.17) is 11.1 Å². The summed E-state index contributed by atoms with van der Waals surface area (Å²) in [6.45, 7) is 5.35. The van der Waals surface area contributed by atoms with Crippen molar-refractivity contribution in [1.29, 1.82) is 5.41 Å². The highest BCUT2D eigenvalue weighted by molar-refractivity contribution is 5.95. The molecule has 0 bridgehead atoms. The van der Waals surface area contributed by atoms with Crippen molar-refractivity contribution in [2.45, 2.75) is 52.1 Å². The summed E-state index contributed by atoms with van der Waals surface area (Å²) in [7, 11) is 2.10. The van der Waals surface area contributed by atoms with Crippen LogP contribution in [0.1, 0.15) is 50.7 Å². The number of benzene rings is 1. The Morgan fingerprint density at radius 1 is 1.33 bits per heavy atom. The van der Waals surface area contributed by atoms with Crippen molar-refractivity contribution in [1.82, 2.24) is 4.90 Å². The van der Waals surface area contributed by atoms with Crippen LogP contribution in [0, 0.1) is 16.6 Å². The van der Waals surface area contributed by atoms with E-state index in [1.165, 1.54) is 37.8 Å². The molecular weight excluding hydrogens is 265 g/mol. The van der Waals surface area contributed by atoms with Crippen LogP contribution in [0.4, 0.5) is 4.39 Å². The topological polar surface area (TPSA) is 53.1 Å². The van der Waals surface area contributed by atoms with Gasteiger partial charge in [0.15, 0.2) is 0 Å². The Bertz CT molecular complexity index is 515.